The molecule has 0 saturated carbocycles. The molecule has 0 aliphatic rings. The van der Waals surface area contributed by atoms with Gasteiger partial charge in [0.2, 0.25) is 10.0 Å². The minimum absolute atomic E-state index is 0.0183. The molecule has 0 heterocycles. The lowest BCUT2D eigenvalue weighted by atomic mass is 10.1. The fraction of sp³-hybridized carbons (Fsp3) is 0.235. The lowest BCUT2D eigenvalue weighted by Gasteiger charge is -2.20. The van der Waals surface area contributed by atoms with Crippen LogP contribution < -0.4 is 19.1 Å². The van der Waals surface area contributed by atoms with Gasteiger partial charge in [-0.25, -0.2) is 12.8 Å². The highest BCUT2D eigenvalue weighted by Crippen LogP contribution is 2.29. The van der Waals surface area contributed by atoms with E-state index in [1.807, 2.05) is 0 Å². The summed E-state index contributed by atoms with van der Waals surface area (Å²) in [4.78, 5) is 12.6. The van der Waals surface area contributed by atoms with Gasteiger partial charge in [-0.2, -0.15) is 0 Å². The van der Waals surface area contributed by atoms with Crippen LogP contribution in [0.25, 0.3) is 0 Å². The summed E-state index contributed by atoms with van der Waals surface area (Å²) in [5.41, 5.74) is 0.361. The van der Waals surface area contributed by atoms with E-state index < -0.39 is 21.7 Å². The summed E-state index contributed by atoms with van der Waals surface area (Å²) < 4.78 is 48.4. The Morgan fingerprint density at radius 1 is 1.08 bits per heavy atom. The van der Waals surface area contributed by atoms with Gasteiger partial charge in [0.05, 0.1) is 31.9 Å². The first-order valence-corrected chi connectivity index (χ1v) is 9.28. The number of amides is 1. The quantitative estimate of drug-likeness (QED) is 0.830. The molecule has 0 unspecified atom stereocenters. The number of rotatable bonds is 6. The maximum Gasteiger partial charge on any atom is 0.255 e. The zero-order chi connectivity index (χ0) is 19.5. The smallest absolute Gasteiger partial charge is 0.255 e. The van der Waals surface area contributed by atoms with Gasteiger partial charge in [0.25, 0.3) is 5.91 Å². The summed E-state index contributed by atoms with van der Waals surface area (Å²) >= 11 is 0. The van der Waals surface area contributed by atoms with Gasteiger partial charge in [-0.05, 0) is 30.3 Å². The van der Waals surface area contributed by atoms with E-state index in [1.54, 1.807) is 6.07 Å². The number of nitrogens with one attached hydrogen (secondary N) is 1. The Balaban J connectivity index is 2.42. The van der Waals surface area contributed by atoms with Gasteiger partial charge < -0.3 is 14.8 Å². The lowest BCUT2D eigenvalue weighted by Crippen LogP contribution is -2.26. The molecule has 0 atom stereocenters. The van der Waals surface area contributed by atoms with Gasteiger partial charge in [-0.3, -0.25) is 9.10 Å². The van der Waals surface area contributed by atoms with E-state index in [1.165, 1.54) is 39.5 Å². The molecule has 26 heavy (non-hydrogen) atoms. The van der Waals surface area contributed by atoms with Crippen LogP contribution in [0.15, 0.2) is 36.4 Å². The SMILES string of the molecule is COc1cc(OC)cc(C(=O)Nc2cc(F)ccc2N(C)S(C)(=O)=O)c1. The predicted molar refractivity (Wildman–Crippen MR) is 97.1 cm³/mol. The molecule has 2 rings (SSSR count). The molecule has 7 nitrogen and oxygen atoms in total. The van der Waals surface area contributed by atoms with E-state index in [9.17, 15) is 17.6 Å². The Hall–Kier alpha value is -2.81. The number of hydrogen-bond donors (Lipinski definition) is 1. The third-order valence-corrected chi connectivity index (χ3v) is 4.85. The molecule has 0 bridgehead atoms. The molecule has 0 spiro atoms. The number of carbonyl (C=O) groups is 1. The molecule has 2 aromatic carbocycles. The second kappa shape index (κ2) is 7.61. The van der Waals surface area contributed by atoms with Gasteiger partial charge in [0, 0.05) is 18.7 Å². The second-order valence-electron chi connectivity index (χ2n) is 5.45. The van der Waals surface area contributed by atoms with E-state index in [0.717, 1.165) is 22.7 Å². The highest BCUT2D eigenvalue weighted by Gasteiger charge is 2.19. The van der Waals surface area contributed by atoms with Crippen molar-refractivity contribution in [2.45, 2.75) is 0 Å². The highest BCUT2D eigenvalue weighted by atomic mass is 32.2. The number of sulfonamides is 1. The maximum absolute atomic E-state index is 13.6. The van der Waals surface area contributed by atoms with Crippen LogP contribution in [0.1, 0.15) is 10.4 Å². The molecule has 1 amide bonds. The maximum atomic E-state index is 13.6. The normalized spacial score (nSPS) is 11.0. The predicted octanol–water partition coefficient (Wildman–Crippen LogP) is 2.49. The molecule has 0 aromatic heterocycles. The first-order chi connectivity index (χ1) is 12.2. The number of ether oxygens (including phenoxy) is 2. The molecular weight excluding hydrogens is 363 g/mol. The monoisotopic (exact) mass is 382 g/mol. The average molecular weight is 382 g/mol. The minimum Gasteiger partial charge on any atom is -0.497 e. The summed E-state index contributed by atoms with van der Waals surface area (Å²) in [5.74, 6) is -0.380. The summed E-state index contributed by atoms with van der Waals surface area (Å²) in [5, 5.41) is 2.53. The van der Waals surface area contributed by atoms with E-state index in [2.05, 4.69) is 5.32 Å². The van der Waals surface area contributed by atoms with E-state index in [0.29, 0.717) is 11.5 Å². The van der Waals surface area contributed by atoms with Crippen molar-refractivity contribution >= 4 is 27.3 Å². The first-order valence-electron chi connectivity index (χ1n) is 7.43. The molecule has 1 N–H and O–H groups in total. The average Bonchev–Trinajstić information content (AvgIpc) is 2.60. The summed E-state index contributed by atoms with van der Waals surface area (Å²) in [7, 11) is 0.612. The van der Waals surface area contributed by atoms with Crippen molar-refractivity contribution in [1.29, 1.82) is 0 Å². The Bertz CT molecular complexity index is 908. The first kappa shape index (κ1) is 19.5. The summed E-state index contributed by atoms with van der Waals surface area (Å²) in [6.07, 6.45) is 1.01. The standard InChI is InChI=1S/C17H19FN2O5S/c1-20(26(4,22)23)16-6-5-12(18)9-15(16)19-17(21)11-7-13(24-2)10-14(8-11)25-3/h5-10H,1-4H3,(H,19,21). The molecular formula is C17H19FN2O5S. The van der Waals surface area contributed by atoms with Crippen LogP contribution >= 0.6 is 0 Å². The number of methoxy groups -OCH3 is 2. The topological polar surface area (TPSA) is 84.9 Å². The Morgan fingerprint density at radius 3 is 2.15 bits per heavy atom. The van der Waals surface area contributed by atoms with Crippen LogP contribution in [0.2, 0.25) is 0 Å². The number of carbonyl (C=O) groups excluding carboxylic acids is 1. The van der Waals surface area contributed by atoms with Crippen molar-refractivity contribution in [2.24, 2.45) is 0 Å². The zero-order valence-electron chi connectivity index (χ0n) is 14.7. The largest absolute Gasteiger partial charge is 0.497 e. The van der Waals surface area contributed by atoms with Gasteiger partial charge in [-0.15, -0.1) is 0 Å². The van der Waals surface area contributed by atoms with Crippen molar-refractivity contribution in [1.82, 2.24) is 0 Å². The van der Waals surface area contributed by atoms with E-state index >= 15 is 0 Å². The van der Waals surface area contributed by atoms with E-state index in [4.69, 9.17) is 9.47 Å². The van der Waals surface area contributed by atoms with Crippen molar-refractivity contribution in [3.63, 3.8) is 0 Å². The zero-order valence-corrected chi connectivity index (χ0v) is 15.6. The Kier molecular flexibility index (Phi) is 5.71. The van der Waals surface area contributed by atoms with Gasteiger partial charge in [-0.1, -0.05) is 0 Å². The number of nitrogens with zero attached hydrogens (tertiary/aromatic N) is 1. The van der Waals surface area contributed by atoms with Crippen LogP contribution in [0, 0.1) is 5.82 Å². The molecule has 0 aliphatic heterocycles. The Morgan fingerprint density at radius 2 is 1.65 bits per heavy atom. The fourth-order valence-electron chi connectivity index (χ4n) is 2.19. The fourth-order valence-corrected chi connectivity index (χ4v) is 2.71. The van der Waals surface area contributed by atoms with Crippen molar-refractivity contribution in [3.8, 4) is 11.5 Å². The molecule has 0 fully saturated rings. The van der Waals surface area contributed by atoms with Crippen LogP contribution in [0.3, 0.4) is 0 Å². The highest BCUT2D eigenvalue weighted by molar-refractivity contribution is 7.92. The number of halogens is 1. The molecule has 0 radical (unpaired) electrons. The van der Waals surface area contributed by atoms with Crippen molar-refractivity contribution < 1.29 is 27.1 Å². The second-order valence-corrected chi connectivity index (χ2v) is 7.46. The Labute approximate surface area is 151 Å². The van der Waals surface area contributed by atoms with E-state index in [-0.39, 0.29) is 16.9 Å². The van der Waals surface area contributed by atoms with Crippen LogP contribution in [-0.2, 0) is 10.0 Å². The summed E-state index contributed by atoms with van der Waals surface area (Å²) in [6, 6.07) is 8.00. The number of benzene rings is 2. The van der Waals surface area contributed by atoms with Crippen molar-refractivity contribution in [2.75, 3.05) is 37.1 Å². The van der Waals surface area contributed by atoms with Crippen LogP contribution in [0.5, 0.6) is 11.5 Å². The minimum atomic E-state index is -3.59. The van der Waals surface area contributed by atoms with Gasteiger partial charge in [0.1, 0.15) is 17.3 Å². The summed E-state index contributed by atoms with van der Waals surface area (Å²) in [6.45, 7) is 0. The lowest BCUT2D eigenvalue weighted by molar-refractivity contribution is 0.102. The van der Waals surface area contributed by atoms with Gasteiger partial charge in [0.15, 0.2) is 0 Å². The third kappa shape index (κ3) is 4.42. The molecule has 0 saturated heterocycles. The third-order valence-electron chi connectivity index (χ3n) is 3.66. The van der Waals surface area contributed by atoms with Crippen LogP contribution in [0.4, 0.5) is 15.8 Å². The molecule has 9 heteroatoms. The van der Waals surface area contributed by atoms with Gasteiger partial charge >= 0.3 is 0 Å². The van der Waals surface area contributed by atoms with Crippen LogP contribution in [-0.4, -0.2) is 41.8 Å². The molecule has 2 aromatic rings. The number of anilines is 2. The number of hydrogen-bond acceptors (Lipinski definition) is 5. The molecule has 140 valence electrons. The molecule has 0 aliphatic carbocycles. The van der Waals surface area contributed by atoms with Crippen molar-refractivity contribution in [3.05, 3.63) is 47.8 Å².